The molecular weight excluding hydrogens is 186 g/mol. The summed E-state index contributed by atoms with van der Waals surface area (Å²) in [7, 11) is 5.92. The minimum absolute atomic E-state index is 0.399. The largest absolute Gasteiger partial charge is 0.392 e. The molecule has 88 valence electrons. The second-order valence-electron chi connectivity index (χ2n) is 3.64. The summed E-state index contributed by atoms with van der Waals surface area (Å²) in [5, 5.41) is 9.71. The highest BCUT2D eigenvalue weighted by molar-refractivity contribution is 5.08. The van der Waals surface area contributed by atoms with Crippen LogP contribution < -0.4 is 16.0 Å². The van der Waals surface area contributed by atoms with Gasteiger partial charge in [-0.3, -0.25) is 0 Å². The van der Waals surface area contributed by atoms with Crippen molar-refractivity contribution < 1.29 is 0 Å². The van der Waals surface area contributed by atoms with Gasteiger partial charge >= 0.3 is 0 Å². The zero-order chi connectivity index (χ0) is 11.7. The Morgan fingerprint density at radius 1 is 1.20 bits per heavy atom. The van der Waals surface area contributed by atoms with Crippen LogP contribution in [0.4, 0.5) is 0 Å². The monoisotopic (exact) mass is 211 g/mol. The van der Waals surface area contributed by atoms with Crippen LogP contribution in [0.3, 0.4) is 0 Å². The number of rotatable bonds is 7. The van der Waals surface area contributed by atoms with Gasteiger partial charge in [-0.05, 0) is 34.0 Å². The van der Waals surface area contributed by atoms with Gasteiger partial charge in [0.15, 0.2) is 0 Å². The van der Waals surface area contributed by atoms with Gasteiger partial charge in [0, 0.05) is 31.2 Å². The summed E-state index contributed by atoms with van der Waals surface area (Å²) in [6.45, 7) is 4.19. The summed E-state index contributed by atoms with van der Waals surface area (Å²) < 4.78 is 0. The maximum Gasteiger partial charge on any atom is 0.0301 e. The first-order chi connectivity index (χ1) is 7.17. The lowest BCUT2D eigenvalue weighted by Gasteiger charge is -2.16. The van der Waals surface area contributed by atoms with Crippen LogP contribution in [0.5, 0.6) is 0 Å². The van der Waals surface area contributed by atoms with Crippen molar-refractivity contribution in [1.29, 1.82) is 0 Å². The Kier molecular flexibility index (Phi) is 8.05. The Morgan fingerprint density at radius 2 is 1.87 bits per heavy atom. The van der Waals surface area contributed by atoms with Crippen LogP contribution in [-0.4, -0.2) is 33.2 Å². The van der Waals surface area contributed by atoms with Crippen molar-refractivity contribution in [3.8, 4) is 0 Å². The van der Waals surface area contributed by atoms with E-state index in [0.717, 1.165) is 6.42 Å². The van der Waals surface area contributed by atoms with E-state index in [2.05, 4.69) is 41.1 Å². The number of hydrogen-bond donors (Lipinski definition) is 3. The molecule has 0 bridgehead atoms. The Bertz CT molecular complexity index is 209. The van der Waals surface area contributed by atoms with Gasteiger partial charge in [-0.15, -0.1) is 0 Å². The molecule has 0 aliphatic rings. The SMILES string of the molecule is CC=CC(CC(=CC(C)NC)NC)NC. The molecule has 0 aromatic heterocycles. The van der Waals surface area contributed by atoms with E-state index < -0.39 is 0 Å². The van der Waals surface area contributed by atoms with Gasteiger partial charge < -0.3 is 16.0 Å². The Hall–Kier alpha value is -0.800. The first kappa shape index (κ1) is 14.2. The maximum absolute atomic E-state index is 3.27. The van der Waals surface area contributed by atoms with Crippen molar-refractivity contribution >= 4 is 0 Å². The molecule has 3 heteroatoms. The highest BCUT2D eigenvalue weighted by Crippen LogP contribution is 2.04. The molecule has 0 fully saturated rings. The zero-order valence-electron chi connectivity index (χ0n) is 10.6. The fraction of sp³-hybridized carbons (Fsp3) is 0.667. The van der Waals surface area contributed by atoms with Crippen LogP contribution in [0.2, 0.25) is 0 Å². The third kappa shape index (κ3) is 6.31. The predicted octanol–water partition coefficient (Wildman–Crippen LogP) is 1.25. The Labute approximate surface area is 94.0 Å². The molecule has 0 heterocycles. The molecule has 0 spiro atoms. The van der Waals surface area contributed by atoms with Gasteiger partial charge in [-0.1, -0.05) is 12.2 Å². The fourth-order valence-electron chi connectivity index (χ4n) is 1.37. The van der Waals surface area contributed by atoms with E-state index >= 15 is 0 Å². The third-order valence-electron chi connectivity index (χ3n) is 2.46. The van der Waals surface area contributed by atoms with E-state index in [-0.39, 0.29) is 0 Å². The van der Waals surface area contributed by atoms with Crippen LogP contribution in [0, 0.1) is 0 Å². The molecule has 0 saturated carbocycles. The summed E-state index contributed by atoms with van der Waals surface area (Å²) in [6, 6.07) is 0.799. The molecule has 3 nitrogen and oxygen atoms in total. The van der Waals surface area contributed by atoms with E-state index in [1.165, 1.54) is 5.70 Å². The topological polar surface area (TPSA) is 36.1 Å². The molecule has 0 saturated heterocycles. The standard InChI is InChI=1S/C12H25N3/c1-6-7-11(14-4)9-12(15-5)8-10(2)13-3/h6-8,10-11,13-15H,9H2,1-5H3. The van der Waals surface area contributed by atoms with Gasteiger partial charge in [-0.25, -0.2) is 0 Å². The lowest BCUT2D eigenvalue weighted by Crippen LogP contribution is -2.27. The molecule has 0 amide bonds. The van der Waals surface area contributed by atoms with Gasteiger partial charge in [0.2, 0.25) is 0 Å². The van der Waals surface area contributed by atoms with Crippen LogP contribution in [0.1, 0.15) is 20.3 Å². The molecule has 0 rings (SSSR count). The summed E-state index contributed by atoms with van der Waals surface area (Å²) >= 11 is 0. The summed E-state index contributed by atoms with van der Waals surface area (Å²) in [6.07, 6.45) is 7.46. The van der Waals surface area contributed by atoms with Gasteiger partial charge in [-0.2, -0.15) is 0 Å². The van der Waals surface area contributed by atoms with Crippen molar-refractivity contribution in [1.82, 2.24) is 16.0 Å². The van der Waals surface area contributed by atoms with E-state index in [9.17, 15) is 0 Å². The van der Waals surface area contributed by atoms with Crippen molar-refractivity contribution in [2.75, 3.05) is 21.1 Å². The number of likely N-dealkylation sites (N-methyl/N-ethyl adjacent to an activating group) is 2. The van der Waals surface area contributed by atoms with Gasteiger partial charge in [0.05, 0.1) is 0 Å². The van der Waals surface area contributed by atoms with E-state index in [1.54, 1.807) is 0 Å². The van der Waals surface area contributed by atoms with Crippen molar-refractivity contribution in [2.24, 2.45) is 0 Å². The van der Waals surface area contributed by atoms with Crippen LogP contribution in [0.15, 0.2) is 23.9 Å². The molecular formula is C12H25N3. The second-order valence-corrected chi connectivity index (χ2v) is 3.64. The molecule has 0 radical (unpaired) electrons. The normalized spacial score (nSPS) is 16.7. The number of allylic oxidation sites excluding steroid dienone is 1. The second kappa shape index (κ2) is 8.50. The molecule has 0 aromatic rings. The molecule has 0 aromatic carbocycles. The van der Waals surface area contributed by atoms with Crippen LogP contribution in [0.25, 0.3) is 0 Å². The smallest absolute Gasteiger partial charge is 0.0301 e. The first-order valence-corrected chi connectivity index (χ1v) is 5.53. The van der Waals surface area contributed by atoms with Crippen molar-refractivity contribution in [3.05, 3.63) is 23.9 Å². The summed E-state index contributed by atoms with van der Waals surface area (Å²) in [5.41, 5.74) is 1.26. The molecule has 2 unspecified atom stereocenters. The summed E-state index contributed by atoms with van der Waals surface area (Å²) in [5.74, 6) is 0. The lowest BCUT2D eigenvalue weighted by atomic mass is 10.1. The Morgan fingerprint density at radius 3 is 2.27 bits per heavy atom. The van der Waals surface area contributed by atoms with Gasteiger partial charge in [0.25, 0.3) is 0 Å². The highest BCUT2D eigenvalue weighted by Gasteiger charge is 2.05. The Balaban J connectivity index is 4.35. The number of nitrogens with one attached hydrogen (secondary N) is 3. The van der Waals surface area contributed by atoms with E-state index in [0.29, 0.717) is 12.1 Å². The predicted molar refractivity (Wildman–Crippen MR) is 67.9 cm³/mol. The third-order valence-corrected chi connectivity index (χ3v) is 2.46. The molecule has 3 N–H and O–H groups in total. The maximum atomic E-state index is 3.27. The quantitative estimate of drug-likeness (QED) is 0.555. The molecule has 2 atom stereocenters. The van der Waals surface area contributed by atoms with Crippen LogP contribution >= 0.6 is 0 Å². The van der Waals surface area contributed by atoms with E-state index in [1.807, 2.05) is 28.1 Å². The van der Waals surface area contributed by atoms with Crippen molar-refractivity contribution in [2.45, 2.75) is 32.4 Å². The summed E-state index contributed by atoms with van der Waals surface area (Å²) in [4.78, 5) is 0. The average molecular weight is 211 g/mol. The molecule has 0 aliphatic heterocycles. The first-order valence-electron chi connectivity index (χ1n) is 5.53. The van der Waals surface area contributed by atoms with Crippen molar-refractivity contribution in [3.63, 3.8) is 0 Å². The number of hydrogen-bond acceptors (Lipinski definition) is 3. The highest BCUT2D eigenvalue weighted by atomic mass is 14.9. The molecule has 0 aliphatic carbocycles. The average Bonchev–Trinajstić information content (AvgIpc) is 2.26. The lowest BCUT2D eigenvalue weighted by molar-refractivity contribution is 0.627. The zero-order valence-corrected chi connectivity index (χ0v) is 10.6. The molecule has 15 heavy (non-hydrogen) atoms. The minimum Gasteiger partial charge on any atom is -0.392 e. The fourth-order valence-corrected chi connectivity index (χ4v) is 1.37. The minimum atomic E-state index is 0.399. The van der Waals surface area contributed by atoms with E-state index in [4.69, 9.17) is 0 Å². The van der Waals surface area contributed by atoms with Gasteiger partial charge in [0.1, 0.15) is 0 Å². The van der Waals surface area contributed by atoms with Crippen LogP contribution in [-0.2, 0) is 0 Å².